The van der Waals surface area contributed by atoms with E-state index >= 15 is 0 Å². The number of nitrogens with one attached hydrogen (secondary N) is 1. The van der Waals surface area contributed by atoms with Gasteiger partial charge in [0.05, 0.1) is 17.9 Å². The minimum atomic E-state index is -3.52. The second-order valence-electron chi connectivity index (χ2n) is 6.12. The molecule has 2 rings (SSSR count). The number of aromatic nitrogens is 1. The summed E-state index contributed by atoms with van der Waals surface area (Å²) in [5.74, 6) is 0.910. The molecule has 0 atom stereocenters. The summed E-state index contributed by atoms with van der Waals surface area (Å²) in [6, 6.07) is 10.9. The van der Waals surface area contributed by atoms with E-state index in [1.165, 1.54) is 28.3 Å². The van der Waals surface area contributed by atoms with Crippen LogP contribution in [0.5, 0.6) is 5.75 Å². The average molecular weight is 438 g/mol. The van der Waals surface area contributed by atoms with Gasteiger partial charge in [-0.25, -0.2) is 13.4 Å². The number of nitrogens with zero attached hydrogens (tertiary/aromatic N) is 2. The zero-order valence-corrected chi connectivity index (χ0v) is 18.6. The lowest BCUT2D eigenvalue weighted by Gasteiger charge is -2.18. The highest BCUT2D eigenvalue weighted by Crippen LogP contribution is 2.20. The van der Waals surface area contributed by atoms with Crippen molar-refractivity contribution in [2.24, 2.45) is 0 Å². The Balaban J connectivity index is 1.83. The van der Waals surface area contributed by atoms with Crippen LogP contribution in [0.25, 0.3) is 0 Å². The van der Waals surface area contributed by atoms with Crippen LogP contribution >= 0.6 is 11.8 Å². The Morgan fingerprint density at radius 3 is 2.52 bits per heavy atom. The first-order chi connectivity index (χ1) is 13.9. The van der Waals surface area contributed by atoms with Crippen LogP contribution < -0.4 is 10.1 Å². The standard InChI is InChI=1S/C20H27N3O4S2/c1-4-23(5-2)29(25,26)17-10-11-20(22-14-17)28-15-19(24)21-13-12-16-8-6-7-9-18(16)27-3/h6-11,14H,4-5,12-13,15H2,1-3H3,(H,21,24). The number of sulfonamides is 1. The zero-order valence-electron chi connectivity index (χ0n) is 16.9. The molecule has 0 spiro atoms. The molecule has 9 heteroatoms. The second kappa shape index (κ2) is 11.2. The van der Waals surface area contributed by atoms with Gasteiger partial charge < -0.3 is 10.1 Å². The maximum Gasteiger partial charge on any atom is 0.244 e. The van der Waals surface area contributed by atoms with Crippen LogP contribution in [0.15, 0.2) is 52.5 Å². The van der Waals surface area contributed by atoms with E-state index in [0.717, 1.165) is 11.3 Å². The minimum absolute atomic E-state index is 0.105. The fourth-order valence-corrected chi connectivity index (χ4v) is 4.83. The summed E-state index contributed by atoms with van der Waals surface area (Å²) in [7, 11) is -1.90. The first kappa shape index (κ1) is 23.2. The van der Waals surface area contributed by atoms with Gasteiger partial charge in [0.2, 0.25) is 15.9 Å². The molecular weight excluding hydrogens is 410 g/mol. The van der Waals surface area contributed by atoms with E-state index in [-0.39, 0.29) is 16.6 Å². The molecule has 1 amide bonds. The Kier molecular flexibility index (Phi) is 8.94. The lowest BCUT2D eigenvalue weighted by atomic mass is 10.1. The predicted molar refractivity (Wildman–Crippen MR) is 115 cm³/mol. The number of para-hydroxylation sites is 1. The van der Waals surface area contributed by atoms with Crippen molar-refractivity contribution in [2.45, 2.75) is 30.2 Å². The fraction of sp³-hybridized carbons (Fsp3) is 0.400. The molecular formula is C20H27N3O4S2. The Labute approximate surface area is 176 Å². The molecule has 1 N–H and O–H groups in total. The molecule has 2 aromatic rings. The number of benzene rings is 1. The largest absolute Gasteiger partial charge is 0.496 e. The molecule has 0 saturated heterocycles. The number of thioether (sulfide) groups is 1. The van der Waals surface area contributed by atoms with Gasteiger partial charge in [-0.15, -0.1) is 0 Å². The van der Waals surface area contributed by atoms with E-state index < -0.39 is 10.0 Å². The molecule has 0 saturated carbocycles. The van der Waals surface area contributed by atoms with Crippen molar-refractivity contribution < 1.29 is 17.9 Å². The molecule has 0 aliphatic heterocycles. The van der Waals surface area contributed by atoms with Gasteiger partial charge in [-0.1, -0.05) is 43.8 Å². The van der Waals surface area contributed by atoms with Crippen LogP contribution in [0.2, 0.25) is 0 Å². The average Bonchev–Trinajstić information content (AvgIpc) is 2.73. The molecule has 1 heterocycles. The molecule has 0 fully saturated rings. The number of amides is 1. The molecule has 1 aromatic heterocycles. The van der Waals surface area contributed by atoms with Crippen molar-refractivity contribution in [3.8, 4) is 5.75 Å². The molecule has 0 aliphatic carbocycles. The van der Waals surface area contributed by atoms with Crippen LogP contribution in [0.4, 0.5) is 0 Å². The van der Waals surface area contributed by atoms with Crippen LogP contribution in [0.3, 0.4) is 0 Å². The lowest BCUT2D eigenvalue weighted by Crippen LogP contribution is -2.30. The van der Waals surface area contributed by atoms with Gasteiger partial charge in [0.1, 0.15) is 10.6 Å². The van der Waals surface area contributed by atoms with Crippen LogP contribution in [-0.4, -0.2) is 56.1 Å². The van der Waals surface area contributed by atoms with E-state index in [0.29, 0.717) is 31.1 Å². The summed E-state index contributed by atoms with van der Waals surface area (Å²) < 4.78 is 31.6. The van der Waals surface area contributed by atoms with E-state index in [1.54, 1.807) is 27.0 Å². The summed E-state index contributed by atoms with van der Waals surface area (Å²) >= 11 is 1.27. The third kappa shape index (κ3) is 6.45. The van der Waals surface area contributed by atoms with Gasteiger partial charge in [0.25, 0.3) is 0 Å². The first-order valence-electron chi connectivity index (χ1n) is 9.40. The number of rotatable bonds is 11. The fourth-order valence-electron chi connectivity index (χ4n) is 2.75. The monoisotopic (exact) mass is 437 g/mol. The zero-order chi connectivity index (χ0) is 21.3. The van der Waals surface area contributed by atoms with Gasteiger partial charge in [-0.3, -0.25) is 4.79 Å². The highest BCUT2D eigenvalue weighted by Gasteiger charge is 2.21. The molecule has 7 nitrogen and oxygen atoms in total. The molecule has 0 unspecified atom stereocenters. The quantitative estimate of drug-likeness (QED) is 0.544. The number of carbonyl (C=O) groups excluding carboxylic acids is 1. The van der Waals surface area contributed by atoms with E-state index in [9.17, 15) is 13.2 Å². The topological polar surface area (TPSA) is 88.6 Å². The summed E-state index contributed by atoms with van der Waals surface area (Å²) in [5.41, 5.74) is 1.04. The van der Waals surface area contributed by atoms with Crippen LogP contribution in [0, 0.1) is 0 Å². The van der Waals surface area contributed by atoms with E-state index in [2.05, 4.69) is 10.3 Å². The van der Waals surface area contributed by atoms with Gasteiger partial charge in [0.15, 0.2) is 0 Å². The summed E-state index contributed by atoms with van der Waals surface area (Å²) in [6.07, 6.45) is 2.02. The smallest absolute Gasteiger partial charge is 0.244 e. The van der Waals surface area contributed by atoms with Crippen LogP contribution in [-0.2, 0) is 21.2 Å². The number of hydrogen-bond donors (Lipinski definition) is 1. The van der Waals surface area contributed by atoms with Crippen molar-refractivity contribution in [1.29, 1.82) is 0 Å². The van der Waals surface area contributed by atoms with Gasteiger partial charge in [-0.05, 0) is 30.2 Å². The SMILES string of the molecule is CCN(CC)S(=O)(=O)c1ccc(SCC(=O)NCCc2ccccc2OC)nc1. The third-order valence-electron chi connectivity index (χ3n) is 4.31. The number of ether oxygens (including phenoxy) is 1. The number of carbonyl (C=O) groups is 1. The molecule has 0 bridgehead atoms. The lowest BCUT2D eigenvalue weighted by molar-refractivity contribution is -0.118. The minimum Gasteiger partial charge on any atom is -0.496 e. The Morgan fingerprint density at radius 2 is 1.90 bits per heavy atom. The Hall–Kier alpha value is -2.10. The van der Waals surface area contributed by atoms with Crippen molar-refractivity contribution in [3.63, 3.8) is 0 Å². The molecule has 29 heavy (non-hydrogen) atoms. The van der Waals surface area contributed by atoms with E-state index in [4.69, 9.17) is 4.74 Å². The number of hydrogen-bond acceptors (Lipinski definition) is 6. The summed E-state index contributed by atoms with van der Waals surface area (Å²) in [4.78, 5) is 16.4. The van der Waals surface area contributed by atoms with Crippen molar-refractivity contribution >= 4 is 27.7 Å². The first-order valence-corrected chi connectivity index (χ1v) is 11.8. The normalized spacial score (nSPS) is 11.4. The van der Waals surface area contributed by atoms with Gasteiger partial charge in [-0.2, -0.15) is 4.31 Å². The Bertz CT molecular complexity index is 898. The maximum absolute atomic E-state index is 12.5. The molecule has 0 radical (unpaired) electrons. The van der Waals surface area contributed by atoms with Crippen molar-refractivity contribution in [1.82, 2.24) is 14.6 Å². The third-order valence-corrected chi connectivity index (χ3v) is 7.29. The number of methoxy groups -OCH3 is 1. The predicted octanol–water partition coefficient (Wildman–Crippen LogP) is 2.57. The summed E-state index contributed by atoms with van der Waals surface area (Å²) in [5, 5.41) is 3.47. The van der Waals surface area contributed by atoms with Crippen LogP contribution in [0.1, 0.15) is 19.4 Å². The van der Waals surface area contributed by atoms with Gasteiger partial charge >= 0.3 is 0 Å². The molecule has 0 aliphatic rings. The van der Waals surface area contributed by atoms with Crippen molar-refractivity contribution in [3.05, 3.63) is 48.2 Å². The van der Waals surface area contributed by atoms with Gasteiger partial charge in [0, 0.05) is 25.8 Å². The molecule has 1 aromatic carbocycles. The highest BCUT2D eigenvalue weighted by atomic mass is 32.2. The summed E-state index contributed by atoms with van der Waals surface area (Å²) in [6.45, 7) is 4.92. The number of pyridine rings is 1. The molecule has 158 valence electrons. The van der Waals surface area contributed by atoms with Crippen molar-refractivity contribution in [2.75, 3.05) is 32.5 Å². The van der Waals surface area contributed by atoms with E-state index in [1.807, 2.05) is 24.3 Å². The highest BCUT2D eigenvalue weighted by molar-refractivity contribution is 7.99. The Morgan fingerprint density at radius 1 is 1.17 bits per heavy atom. The maximum atomic E-state index is 12.5. The second-order valence-corrected chi connectivity index (χ2v) is 9.06.